The van der Waals surface area contributed by atoms with E-state index in [4.69, 9.17) is 20.4 Å². The van der Waals surface area contributed by atoms with Gasteiger partial charge in [0, 0.05) is 5.39 Å². The lowest BCUT2D eigenvalue weighted by Gasteiger charge is -1.87. The molecule has 0 saturated heterocycles. The van der Waals surface area contributed by atoms with Crippen LogP contribution in [0.5, 0.6) is 0 Å². The standard InChI is InChI=1S/C12H8ClNO2/c13-6-12-14-7-11(16-12)10-5-8-3-1-2-4-9(8)15-10/h1-5,7H,6H2. The number of rotatable bonds is 2. The highest BCUT2D eigenvalue weighted by Crippen LogP contribution is 2.28. The highest BCUT2D eigenvalue weighted by atomic mass is 35.5. The molecule has 80 valence electrons. The SMILES string of the molecule is ClCc1ncc(-c2cc3ccccc3o2)o1. The number of alkyl halides is 1. The Morgan fingerprint density at radius 3 is 2.75 bits per heavy atom. The second-order valence-corrected chi connectivity index (χ2v) is 3.67. The van der Waals surface area contributed by atoms with Gasteiger partial charge in [0.2, 0.25) is 5.89 Å². The molecule has 0 spiro atoms. The second-order valence-electron chi connectivity index (χ2n) is 3.40. The van der Waals surface area contributed by atoms with Crippen molar-refractivity contribution in [3.05, 3.63) is 42.4 Å². The van der Waals surface area contributed by atoms with E-state index in [9.17, 15) is 0 Å². The Labute approximate surface area is 96.6 Å². The number of aromatic nitrogens is 1. The molecular formula is C12H8ClNO2. The Balaban J connectivity index is 2.11. The maximum absolute atomic E-state index is 5.64. The Bertz CT molecular complexity index is 594. The number of furan rings is 1. The Morgan fingerprint density at radius 2 is 2.00 bits per heavy atom. The molecule has 4 heteroatoms. The first-order valence-corrected chi connectivity index (χ1v) is 5.40. The van der Waals surface area contributed by atoms with Crippen molar-refractivity contribution in [1.29, 1.82) is 0 Å². The molecule has 3 rings (SSSR count). The summed E-state index contributed by atoms with van der Waals surface area (Å²) in [6.07, 6.45) is 1.62. The normalized spacial score (nSPS) is 11.1. The summed E-state index contributed by atoms with van der Waals surface area (Å²) in [7, 11) is 0. The van der Waals surface area contributed by atoms with Gasteiger partial charge in [0.25, 0.3) is 0 Å². The number of oxazole rings is 1. The molecule has 16 heavy (non-hydrogen) atoms. The van der Waals surface area contributed by atoms with E-state index in [0.717, 1.165) is 11.0 Å². The number of benzene rings is 1. The largest absolute Gasteiger partial charge is 0.453 e. The lowest BCUT2D eigenvalue weighted by atomic mass is 10.2. The van der Waals surface area contributed by atoms with Crippen molar-refractivity contribution in [2.75, 3.05) is 0 Å². The van der Waals surface area contributed by atoms with Crippen LogP contribution in [0.15, 0.2) is 45.4 Å². The number of para-hydroxylation sites is 1. The maximum Gasteiger partial charge on any atom is 0.210 e. The molecule has 0 aliphatic rings. The highest BCUT2D eigenvalue weighted by Gasteiger charge is 2.10. The van der Waals surface area contributed by atoms with E-state index in [1.165, 1.54) is 0 Å². The summed E-state index contributed by atoms with van der Waals surface area (Å²) in [5.74, 6) is 2.04. The van der Waals surface area contributed by atoms with E-state index in [2.05, 4.69) is 4.98 Å². The molecule has 0 bridgehead atoms. The predicted molar refractivity (Wildman–Crippen MR) is 61.3 cm³/mol. The zero-order chi connectivity index (χ0) is 11.0. The summed E-state index contributed by atoms with van der Waals surface area (Å²) >= 11 is 5.62. The van der Waals surface area contributed by atoms with Gasteiger partial charge in [0.15, 0.2) is 11.5 Å². The average molecular weight is 234 g/mol. The average Bonchev–Trinajstić information content (AvgIpc) is 2.95. The third kappa shape index (κ3) is 1.49. The minimum absolute atomic E-state index is 0.264. The fraction of sp³-hybridized carbons (Fsp3) is 0.0833. The molecule has 0 aliphatic carbocycles. The fourth-order valence-corrected chi connectivity index (χ4v) is 1.71. The monoisotopic (exact) mass is 233 g/mol. The van der Waals surface area contributed by atoms with Crippen molar-refractivity contribution in [3.8, 4) is 11.5 Å². The van der Waals surface area contributed by atoms with Crippen LogP contribution in [0.2, 0.25) is 0 Å². The number of hydrogen-bond acceptors (Lipinski definition) is 3. The first-order chi connectivity index (χ1) is 7.86. The smallest absolute Gasteiger partial charge is 0.210 e. The molecule has 3 aromatic rings. The second kappa shape index (κ2) is 3.68. The van der Waals surface area contributed by atoms with Gasteiger partial charge in [-0.15, -0.1) is 11.6 Å². The van der Waals surface area contributed by atoms with Crippen LogP contribution in [0.3, 0.4) is 0 Å². The van der Waals surface area contributed by atoms with Crippen molar-refractivity contribution in [2.45, 2.75) is 5.88 Å². The number of halogens is 1. The minimum atomic E-state index is 0.264. The van der Waals surface area contributed by atoms with E-state index in [0.29, 0.717) is 17.4 Å². The topological polar surface area (TPSA) is 39.2 Å². The molecule has 1 aromatic carbocycles. The number of hydrogen-bond donors (Lipinski definition) is 0. The van der Waals surface area contributed by atoms with E-state index in [1.54, 1.807) is 6.20 Å². The number of nitrogens with zero attached hydrogens (tertiary/aromatic N) is 1. The molecule has 0 atom stereocenters. The van der Waals surface area contributed by atoms with Crippen molar-refractivity contribution in [2.24, 2.45) is 0 Å². The summed E-state index contributed by atoms with van der Waals surface area (Å²) in [6, 6.07) is 9.72. The zero-order valence-corrected chi connectivity index (χ0v) is 9.07. The zero-order valence-electron chi connectivity index (χ0n) is 8.31. The molecular weight excluding hydrogens is 226 g/mol. The summed E-state index contributed by atoms with van der Waals surface area (Å²) in [4.78, 5) is 4.02. The predicted octanol–water partition coefficient (Wildman–Crippen LogP) is 3.83. The van der Waals surface area contributed by atoms with Crippen molar-refractivity contribution < 1.29 is 8.83 Å². The van der Waals surface area contributed by atoms with Gasteiger partial charge in [-0.05, 0) is 12.1 Å². The molecule has 0 N–H and O–H groups in total. The van der Waals surface area contributed by atoms with Crippen LogP contribution < -0.4 is 0 Å². The van der Waals surface area contributed by atoms with Gasteiger partial charge in [-0.3, -0.25) is 0 Å². The molecule has 0 unspecified atom stereocenters. The molecule has 0 radical (unpaired) electrons. The Kier molecular flexibility index (Phi) is 2.18. The number of fused-ring (bicyclic) bond motifs is 1. The van der Waals surface area contributed by atoms with E-state index in [-0.39, 0.29) is 5.88 Å². The first-order valence-electron chi connectivity index (χ1n) is 4.86. The lowest BCUT2D eigenvalue weighted by Crippen LogP contribution is -1.70. The molecule has 2 aromatic heterocycles. The Morgan fingerprint density at radius 1 is 1.12 bits per heavy atom. The summed E-state index contributed by atoms with van der Waals surface area (Å²) in [5, 5.41) is 1.04. The first kappa shape index (κ1) is 9.48. The van der Waals surface area contributed by atoms with Crippen molar-refractivity contribution >= 4 is 22.6 Å². The quantitative estimate of drug-likeness (QED) is 0.632. The highest BCUT2D eigenvalue weighted by molar-refractivity contribution is 6.16. The van der Waals surface area contributed by atoms with Gasteiger partial charge in [-0.25, -0.2) is 4.98 Å². The third-order valence-electron chi connectivity index (χ3n) is 2.34. The van der Waals surface area contributed by atoms with Gasteiger partial charge in [-0.2, -0.15) is 0 Å². The third-order valence-corrected chi connectivity index (χ3v) is 2.56. The van der Waals surface area contributed by atoms with Crippen LogP contribution in [0.25, 0.3) is 22.5 Å². The van der Waals surface area contributed by atoms with E-state index in [1.807, 2.05) is 30.3 Å². The molecule has 0 saturated carbocycles. The molecule has 0 aliphatic heterocycles. The van der Waals surface area contributed by atoms with Crippen LogP contribution in [0.4, 0.5) is 0 Å². The lowest BCUT2D eigenvalue weighted by molar-refractivity contribution is 0.506. The molecule has 2 heterocycles. The van der Waals surface area contributed by atoms with Crippen molar-refractivity contribution in [1.82, 2.24) is 4.98 Å². The van der Waals surface area contributed by atoms with Crippen LogP contribution in [-0.2, 0) is 5.88 Å². The van der Waals surface area contributed by atoms with Crippen LogP contribution in [-0.4, -0.2) is 4.98 Å². The molecule has 0 fully saturated rings. The van der Waals surface area contributed by atoms with Gasteiger partial charge in [0.1, 0.15) is 5.58 Å². The summed E-state index contributed by atoms with van der Waals surface area (Å²) in [5.41, 5.74) is 0.835. The van der Waals surface area contributed by atoms with Crippen molar-refractivity contribution in [3.63, 3.8) is 0 Å². The summed E-state index contributed by atoms with van der Waals surface area (Å²) in [6.45, 7) is 0. The fourth-order valence-electron chi connectivity index (χ4n) is 1.59. The van der Waals surface area contributed by atoms with Gasteiger partial charge >= 0.3 is 0 Å². The molecule has 3 nitrogen and oxygen atoms in total. The maximum atomic E-state index is 5.64. The van der Waals surface area contributed by atoms with Crippen LogP contribution in [0.1, 0.15) is 5.89 Å². The summed E-state index contributed by atoms with van der Waals surface area (Å²) < 4.78 is 11.0. The van der Waals surface area contributed by atoms with Gasteiger partial charge in [-0.1, -0.05) is 18.2 Å². The van der Waals surface area contributed by atoms with Gasteiger partial charge < -0.3 is 8.83 Å². The van der Waals surface area contributed by atoms with Crippen LogP contribution >= 0.6 is 11.6 Å². The van der Waals surface area contributed by atoms with E-state index >= 15 is 0 Å². The van der Waals surface area contributed by atoms with E-state index < -0.39 is 0 Å². The van der Waals surface area contributed by atoms with Gasteiger partial charge in [0.05, 0.1) is 12.1 Å². The van der Waals surface area contributed by atoms with Crippen LogP contribution in [0, 0.1) is 0 Å². The molecule has 0 amide bonds. The minimum Gasteiger partial charge on any atom is -0.453 e. The Hall–Kier alpha value is -1.74.